The second-order valence-electron chi connectivity index (χ2n) is 8.26. The molecule has 5 rings (SSSR count). The van der Waals surface area contributed by atoms with Crippen LogP contribution in [-0.2, 0) is 24.1 Å². The van der Waals surface area contributed by atoms with Crippen LogP contribution < -0.4 is 0 Å². The van der Waals surface area contributed by atoms with Crippen LogP contribution in [0.1, 0.15) is 29.7 Å². The number of nitrogens with one attached hydrogen (secondary N) is 1. The average molecular weight is 440 g/mol. The molecule has 30 heavy (non-hydrogen) atoms. The molecular formula is C24H23Cl2N3O. The summed E-state index contributed by atoms with van der Waals surface area (Å²) >= 11 is 13.2. The second-order valence-corrected chi connectivity index (χ2v) is 9.07. The Kier molecular flexibility index (Phi) is 5.30. The number of halogens is 2. The Morgan fingerprint density at radius 1 is 1.07 bits per heavy atom. The highest BCUT2D eigenvalue weighted by Crippen LogP contribution is 2.36. The lowest BCUT2D eigenvalue weighted by atomic mass is 9.92. The molecule has 0 unspecified atom stereocenters. The van der Waals surface area contributed by atoms with Crippen LogP contribution >= 0.6 is 23.2 Å². The van der Waals surface area contributed by atoms with Gasteiger partial charge in [0.1, 0.15) is 0 Å². The Morgan fingerprint density at radius 2 is 1.83 bits per heavy atom. The van der Waals surface area contributed by atoms with Gasteiger partial charge in [-0.25, -0.2) is 0 Å². The topological polar surface area (TPSA) is 49.0 Å². The summed E-state index contributed by atoms with van der Waals surface area (Å²) in [5, 5.41) is 8.51. The third-order valence-corrected chi connectivity index (χ3v) is 7.14. The molecule has 3 aromatic rings. The van der Waals surface area contributed by atoms with E-state index in [4.69, 9.17) is 23.2 Å². The van der Waals surface area contributed by atoms with Crippen LogP contribution in [0.3, 0.4) is 0 Å². The maximum atomic E-state index is 13.2. The SMILES string of the molecule is O=C1[C@H](Cc2c(Cl)cc(-c3ccccc3)cc2Cl)CCN1[C@H]1CCc2n[nH]cc2C1. The highest BCUT2D eigenvalue weighted by Gasteiger charge is 2.38. The van der Waals surface area contributed by atoms with Gasteiger partial charge in [0.05, 0.1) is 5.69 Å². The van der Waals surface area contributed by atoms with Crippen molar-refractivity contribution in [3.05, 3.63) is 75.5 Å². The Labute approximate surface area is 186 Å². The molecule has 1 N–H and O–H groups in total. The zero-order valence-corrected chi connectivity index (χ0v) is 18.1. The van der Waals surface area contributed by atoms with Crippen molar-refractivity contribution in [1.82, 2.24) is 15.1 Å². The summed E-state index contributed by atoms with van der Waals surface area (Å²) in [7, 11) is 0. The molecule has 0 saturated carbocycles. The zero-order chi connectivity index (χ0) is 20.7. The molecule has 2 atom stereocenters. The van der Waals surface area contributed by atoms with Crippen LogP contribution in [0.15, 0.2) is 48.7 Å². The van der Waals surface area contributed by atoms with Crippen LogP contribution in [0.25, 0.3) is 11.1 Å². The van der Waals surface area contributed by atoms with Gasteiger partial charge >= 0.3 is 0 Å². The molecular weight excluding hydrogens is 417 g/mol. The summed E-state index contributed by atoms with van der Waals surface area (Å²) < 4.78 is 0. The number of H-pyrrole nitrogens is 1. The van der Waals surface area contributed by atoms with Crippen molar-refractivity contribution in [2.24, 2.45) is 5.92 Å². The number of likely N-dealkylation sites (tertiary alicyclic amines) is 1. The van der Waals surface area contributed by atoms with Crippen LogP contribution in [0.5, 0.6) is 0 Å². The van der Waals surface area contributed by atoms with Gasteiger partial charge in [-0.3, -0.25) is 9.89 Å². The predicted octanol–water partition coefficient (Wildman–Crippen LogP) is 5.33. The largest absolute Gasteiger partial charge is 0.339 e. The zero-order valence-electron chi connectivity index (χ0n) is 16.6. The van der Waals surface area contributed by atoms with E-state index in [0.717, 1.165) is 54.6 Å². The van der Waals surface area contributed by atoms with Gasteiger partial charge in [-0.05, 0) is 66.5 Å². The molecule has 2 aromatic carbocycles. The van der Waals surface area contributed by atoms with Crippen molar-refractivity contribution in [2.45, 2.75) is 38.1 Å². The number of aromatic amines is 1. The van der Waals surface area contributed by atoms with E-state index in [-0.39, 0.29) is 17.9 Å². The Balaban J connectivity index is 1.31. The van der Waals surface area contributed by atoms with Gasteiger partial charge < -0.3 is 4.90 Å². The monoisotopic (exact) mass is 439 g/mol. The van der Waals surface area contributed by atoms with E-state index < -0.39 is 0 Å². The molecule has 1 aromatic heterocycles. The van der Waals surface area contributed by atoms with Crippen LogP contribution in [-0.4, -0.2) is 33.6 Å². The lowest BCUT2D eigenvalue weighted by Gasteiger charge is -2.31. The van der Waals surface area contributed by atoms with E-state index >= 15 is 0 Å². The van der Waals surface area contributed by atoms with Crippen LogP contribution in [0.4, 0.5) is 0 Å². The summed E-state index contributed by atoms with van der Waals surface area (Å²) in [5.41, 5.74) is 5.33. The van der Waals surface area contributed by atoms with E-state index in [1.165, 1.54) is 5.56 Å². The molecule has 1 fully saturated rings. The number of benzene rings is 2. The normalized spacial score (nSPS) is 21.1. The number of carbonyl (C=O) groups is 1. The van der Waals surface area contributed by atoms with Gasteiger partial charge in [-0.1, -0.05) is 53.5 Å². The minimum absolute atomic E-state index is 0.0617. The van der Waals surface area contributed by atoms with E-state index in [1.54, 1.807) is 0 Å². The first-order valence-electron chi connectivity index (χ1n) is 10.5. The molecule has 4 nitrogen and oxygen atoms in total. The molecule has 1 saturated heterocycles. The van der Waals surface area contributed by atoms with Gasteiger partial charge in [-0.2, -0.15) is 5.10 Å². The fourth-order valence-electron chi connectivity index (χ4n) is 4.82. The quantitative estimate of drug-likeness (QED) is 0.596. The maximum absolute atomic E-state index is 13.2. The van der Waals surface area contributed by atoms with E-state index in [2.05, 4.69) is 15.1 Å². The number of carbonyl (C=O) groups excluding carboxylic acids is 1. The smallest absolute Gasteiger partial charge is 0.226 e. The lowest BCUT2D eigenvalue weighted by Crippen LogP contribution is -2.41. The minimum atomic E-state index is -0.0617. The van der Waals surface area contributed by atoms with Crippen LogP contribution in [0, 0.1) is 5.92 Å². The molecule has 1 aliphatic carbocycles. The highest BCUT2D eigenvalue weighted by atomic mass is 35.5. The summed E-state index contributed by atoms with van der Waals surface area (Å²) in [6, 6.07) is 14.2. The van der Waals surface area contributed by atoms with E-state index in [0.29, 0.717) is 16.5 Å². The van der Waals surface area contributed by atoms with Crippen molar-refractivity contribution in [3.63, 3.8) is 0 Å². The molecule has 1 amide bonds. The summed E-state index contributed by atoms with van der Waals surface area (Å²) in [6.07, 6.45) is 6.19. The fourth-order valence-corrected chi connectivity index (χ4v) is 5.46. The van der Waals surface area contributed by atoms with Gasteiger partial charge in [0.25, 0.3) is 0 Å². The van der Waals surface area contributed by atoms with Gasteiger partial charge in [-0.15, -0.1) is 0 Å². The average Bonchev–Trinajstić information content (AvgIpc) is 3.37. The van der Waals surface area contributed by atoms with Crippen molar-refractivity contribution >= 4 is 29.1 Å². The number of nitrogens with zero attached hydrogens (tertiary/aromatic N) is 2. The second kappa shape index (κ2) is 8.09. The number of aromatic nitrogens is 2. The van der Waals surface area contributed by atoms with E-state index in [1.807, 2.05) is 48.7 Å². The lowest BCUT2D eigenvalue weighted by molar-refractivity contribution is -0.133. The number of aryl methyl sites for hydroxylation is 1. The van der Waals surface area contributed by atoms with Gasteiger partial charge in [0.15, 0.2) is 0 Å². The van der Waals surface area contributed by atoms with Gasteiger partial charge in [0, 0.05) is 34.7 Å². The maximum Gasteiger partial charge on any atom is 0.226 e. The van der Waals surface area contributed by atoms with E-state index in [9.17, 15) is 4.79 Å². The molecule has 0 radical (unpaired) electrons. The molecule has 1 aliphatic heterocycles. The number of fused-ring (bicyclic) bond motifs is 1. The first-order valence-corrected chi connectivity index (χ1v) is 11.2. The van der Waals surface area contributed by atoms with Crippen molar-refractivity contribution in [2.75, 3.05) is 6.54 Å². The Morgan fingerprint density at radius 3 is 2.60 bits per heavy atom. The molecule has 2 aliphatic rings. The molecule has 6 heteroatoms. The summed E-state index contributed by atoms with van der Waals surface area (Å²) in [6.45, 7) is 0.804. The van der Waals surface area contributed by atoms with Crippen LogP contribution in [0.2, 0.25) is 10.0 Å². The highest BCUT2D eigenvalue weighted by molar-refractivity contribution is 6.36. The number of hydrogen-bond acceptors (Lipinski definition) is 2. The first-order chi connectivity index (χ1) is 14.6. The molecule has 154 valence electrons. The van der Waals surface area contributed by atoms with Gasteiger partial charge in [0.2, 0.25) is 5.91 Å². The third-order valence-electron chi connectivity index (χ3n) is 6.47. The summed E-state index contributed by atoms with van der Waals surface area (Å²) in [4.78, 5) is 15.3. The minimum Gasteiger partial charge on any atom is -0.339 e. The Hall–Kier alpha value is -2.30. The van der Waals surface area contributed by atoms with Crippen molar-refractivity contribution < 1.29 is 4.79 Å². The molecule has 2 heterocycles. The number of rotatable bonds is 4. The number of hydrogen-bond donors (Lipinski definition) is 1. The fraction of sp³-hybridized carbons (Fsp3) is 0.333. The Bertz CT molecular complexity index is 1060. The predicted molar refractivity (Wildman–Crippen MR) is 120 cm³/mol. The van der Waals surface area contributed by atoms with Crippen molar-refractivity contribution in [3.8, 4) is 11.1 Å². The number of amides is 1. The molecule has 0 spiro atoms. The first kappa shape index (κ1) is 19.7. The van der Waals surface area contributed by atoms with Crippen molar-refractivity contribution in [1.29, 1.82) is 0 Å². The molecule has 0 bridgehead atoms. The summed E-state index contributed by atoms with van der Waals surface area (Å²) in [5.74, 6) is 0.166. The standard InChI is InChI=1S/C24H23Cl2N3O/c25-21-12-17(15-4-2-1-3-5-15)13-22(26)20(21)11-16-8-9-29(24(16)30)19-6-7-23-18(10-19)14-27-28-23/h1-5,12-14,16,19H,6-11H2,(H,27,28)/t16-,19-/m0/s1. The third kappa shape index (κ3) is 3.63.